The summed E-state index contributed by atoms with van der Waals surface area (Å²) < 4.78 is 1.05. The molecule has 2 rings (SSSR count). The first-order valence-electron chi connectivity index (χ1n) is 8.63. The number of rotatable bonds is 4. The molecule has 0 saturated carbocycles. The van der Waals surface area contributed by atoms with Gasteiger partial charge < -0.3 is 10.6 Å². The van der Waals surface area contributed by atoms with Gasteiger partial charge in [-0.15, -0.1) is 0 Å². The quantitative estimate of drug-likeness (QED) is 0.698. The lowest BCUT2D eigenvalue weighted by Gasteiger charge is -2.32. The lowest BCUT2D eigenvalue weighted by atomic mass is 9.94. The van der Waals surface area contributed by atoms with E-state index in [4.69, 9.17) is 5.73 Å². The van der Waals surface area contributed by atoms with Crippen molar-refractivity contribution in [1.82, 2.24) is 4.90 Å². The lowest BCUT2D eigenvalue weighted by molar-refractivity contribution is 0.287. The molecule has 1 heterocycles. The largest absolute Gasteiger partial charge is 0.365 e. The number of halogens is 1. The fourth-order valence-corrected chi connectivity index (χ4v) is 3.09. The molecule has 2 aliphatic rings. The van der Waals surface area contributed by atoms with Crippen molar-refractivity contribution in [2.75, 3.05) is 13.1 Å². The highest BCUT2D eigenvalue weighted by atomic mass is 79.9. The molecule has 0 bridgehead atoms. The maximum absolute atomic E-state index is 6.45. The number of nitrogens with two attached hydrogens (primary N) is 1. The van der Waals surface area contributed by atoms with Crippen molar-refractivity contribution in [3.8, 4) is 0 Å². The summed E-state index contributed by atoms with van der Waals surface area (Å²) >= 11 is 3.54. The summed E-state index contributed by atoms with van der Waals surface area (Å²) in [6.45, 7) is 10.7. The highest BCUT2D eigenvalue weighted by Gasteiger charge is 2.22. The van der Waals surface area contributed by atoms with Gasteiger partial charge in [0.2, 0.25) is 0 Å². The van der Waals surface area contributed by atoms with Crippen molar-refractivity contribution in [3.05, 3.63) is 39.7 Å². The Morgan fingerprint density at radius 1 is 1.18 bits per heavy atom. The first-order chi connectivity index (χ1) is 10.6. The van der Waals surface area contributed by atoms with Crippen molar-refractivity contribution >= 4 is 15.9 Å². The van der Waals surface area contributed by atoms with Gasteiger partial charge in [0.25, 0.3) is 0 Å². The molecule has 0 aromatic rings. The summed E-state index contributed by atoms with van der Waals surface area (Å²) in [5, 5.41) is 0. The molecule has 1 aliphatic carbocycles. The molecule has 3 heteroatoms. The van der Waals surface area contributed by atoms with Crippen LogP contribution < -0.4 is 5.73 Å². The van der Waals surface area contributed by atoms with Gasteiger partial charge >= 0.3 is 0 Å². The summed E-state index contributed by atoms with van der Waals surface area (Å²) in [5.41, 5.74) is 12.3. The van der Waals surface area contributed by atoms with Crippen LogP contribution in [0, 0.1) is 5.92 Å². The van der Waals surface area contributed by atoms with Gasteiger partial charge in [0.1, 0.15) is 0 Å². The fraction of sp³-hybridized carbons (Fsp3) is 0.632. The van der Waals surface area contributed by atoms with Crippen molar-refractivity contribution in [2.45, 2.75) is 59.4 Å². The zero-order valence-corrected chi connectivity index (χ0v) is 16.1. The number of hydrogen-bond acceptors (Lipinski definition) is 2. The minimum absolute atomic E-state index is 0.0856. The smallest absolute Gasteiger partial charge is 0.0848 e. The third-order valence-electron chi connectivity index (χ3n) is 3.84. The molecule has 1 saturated heterocycles. The van der Waals surface area contributed by atoms with E-state index >= 15 is 0 Å². The van der Waals surface area contributed by atoms with E-state index in [0.717, 1.165) is 24.0 Å². The minimum Gasteiger partial charge on any atom is -0.365 e. The van der Waals surface area contributed by atoms with E-state index in [9.17, 15) is 0 Å². The van der Waals surface area contributed by atoms with Gasteiger partial charge in [-0.25, -0.2) is 0 Å². The predicted molar refractivity (Wildman–Crippen MR) is 101 cm³/mol. The molecule has 2 N–H and O–H groups in total. The Morgan fingerprint density at radius 2 is 1.82 bits per heavy atom. The van der Waals surface area contributed by atoms with E-state index in [0.29, 0.717) is 5.92 Å². The Labute approximate surface area is 145 Å². The Balaban J connectivity index is 0.00000116. The number of nitrogens with zero attached hydrogens (tertiary/aromatic N) is 1. The average Bonchev–Trinajstić information content (AvgIpc) is 2.71. The second kappa shape index (κ2) is 10.1. The van der Waals surface area contributed by atoms with Crippen molar-refractivity contribution < 1.29 is 0 Å². The van der Waals surface area contributed by atoms with Crippen LogP contribution in [0.25, 0.3) is 0 Å². The number of allylic oxidation sites excluding steroid dienone is 3. The van der Waals surface area contributed by atoms with Crippen LogP contribution in [0.3, 0.4) is 0 Å². The van der Waals surface area contributed by atoms with Crippen LogP contribution in [0.2, 0.25) is 0 Å². The molecular weight excluding hydrogens is 336 g/mol. The maximum Gasteiger partial charge on any atom is 0.0848 e. The Morgan fingerprint density at radius 3 is 2.41 bits per heavy atom. The third-order valence-corrected chi connectivity index (χ3v) is 4.33. The molecule has 0 radical (unpaired) electrons. The van der Waals surface area contributed by atoms with E-state index in [1.54, 1.807) is 0 Å². The van der Waals surface area contributed by atoms with Crippen molar-refractivity contribution in [1.29, 1.82) is 0 Å². The normalized spacial score (nSPS) is 19.6. The van der Waals surface area contributed by atoms with Crippen LogP contribution in [-0.2, 0) is 0 Å². The van der Waals surface area contributed by atoms with Gasteiger partial charge in [0.15, 0.2) is 0 Å². The van der Waals surface area contributed by atoms with E-state index in [2.05, 4.69) is 52.6 Å². The zero-order chi connectivity index (χ0) is 16.5. The summed E-state index contributed by atoms with van der Waals surface area (Å²) in [6.07, 6.45) is 11.1. The first-order valence-corrected chi connectivity index (χ1v) is 9.42. The van der Waals surface area contributed by atoms with Crippen molar-refractivity contribution in [2.24, 2.45) is 11.7 Å². The Hall–Kier alpha value is -0.760. The molecule has 1 aliphatic heterocycles. The van der Waals surface area contributed by atoms with E-state index < -0.39 is 0 Å². The number of piperidine rings is 1. The van der Waals surface area contributed by atoms with Gasteiger partial charge in [-0.05, 0) is 43.8 Å². The van der Waals surface area contributed by atoms with Gasteiger partial charge in [0.05, 0.1) is 5.70 Å². The molecule has 124 valence electrons. The van der Waals surface area contributed by atoms with Gasteiger partial charge in [-0.2, -0.15) is 0 Å². The second-order valence-corrected chi connectivity index (χ2v) is 7.01. The molecule has 0 aromatic heterocycles. The Kier molecular flexibility index (Phi) is 8.85. The molecule has 0 amide bonds. The molecule has 2 nitrogen and oxygen atoms in total. The lowest BCUT2D eigenvalue weighted by Crippen LogP contribution is -2.34. The van der Waals surface area contributed by atoms with Gasteiger partial charge in [0, 0.05) is 29.2 Å². The van der Waals surface area contributed by atoms with Gasteiger partial charge in [-0.1, -0.05) is 55.4 Å². The molecule has 22 heavy (non-hydrogen) atoms. The fourth-order valence-electron chi connectivity index (χ4n) is 2.84. The molecular formula is C19H31BrN2. The first kappa shape index (κ1) is 19.3. The van der Waals surface area contributed by atoms with Crippen LogP contribution in [0.1, 0.15) is 53.4 Å². The highest BCUT2D eigenvalue weighted by Crippen LogP contribution is 2.26. The van der Waals surface area contributed by atoms with E-state index in [-0.39, 0.29) is 6.04 Å². The standard InChI is InChI=1S/C17H25BrN2.C2H6/c1-13(2)12-16(19)15-8-6-14(18)7-9-17(15)20-10-4-3-5-11-20;1-2/h6-8,13,16H,3-5,10-12,19H2,1-2H3;1-2H3. The van der Waals surface area contributed by atoms with E-state index in [1.165, 1.54) is 30.5 Å². The van der Waals surface area contributed by atoms with Crippen LogP contribution in [0.15, 0.2) is 39.7 Å². The van der Waals surface area contributed by atoms with Crippen LogP contribution in [0.5, 0.6) is 0 Å². The van der Waals surface area contributed by atoms with Crippen LogP contribution in [-0.4, -0.2) is 24.0 Å². The summed E-state index contributed by atoms with van der Waals surface area (Å²) in [7, 11) is 0. The Bertz CT molecular complexity index is 462. The highest BCUT2D eigenvalue weighted by molar-refractivity contribution is 9.11. The van der Waals surface area contributed by atoms with E-state index in [1.807, 2.05) is 19.9 Å². The molecule has 1 atom stereocenters. The summed E-state index contributed by atoms with van der Waals surface area (Å²) in [5.74, 6) is 0.605. The minimum atomic E-state index is 0.0856. The monoisotopic (exact) mass is 366 g/mol. The van der Waals surface area contributed by atoms with Crippen LogP contribution >= 0.6 is 15.9 Å². The number of hydrogen-bond donors (Lipinski definition) is 1. The summed E-state index contributed by atoms with van der Waals surface area (Å²) in [4.78, 5) is 2.45. The third kappa shape index (κ3) is 5.79. The molecule has 0 aromatic carbocycles. The topological polar surface area (TPSA) is 29.3 Å². The molecule has 0 spiro atoms. The summed E-state index contributed by atoms with van der Waals surface area (Å²) in [6, 6.07) is 0.0856. The predicted octanol–water partition coefficient (Wildman–Crippen LogP) is 5.13. The van der Waals surface area contributed by atoms with Gasteiger partial charge in [-0.3, -0.25) is 0 Å². The maximum atomic E-state index is 6.45. The average molecular weight is 367 g/mol. The second-order valence-electron chi connectivity index (χ2n) is 6.09. The van der Waals surface area contributed by atoms with Crippen LogP contribution in [0.4, 0.5) is 0 Å². The molecule has 1 fully saturated rings. The number of likely N-dealkylation sites (tertiary alicyclic amines) is 1. The van der Waals surface area contributed by atoms with Crippen molar-refractivity contribution in [3.63, 3.8) is 0 Å². The molecule has 1 unspecified atom stereocenters. The SMILES string of the molecule is CC.CC(C)CC(N)C1=CC=C(Br)C=C=C1N1CCCCC1. The zero-order valence-electron chi connectivity index (χ0n) is 14.5.